The first kappa shape index (κ1) is 24.1. The van der Waals surface area contributed by atoms with Crippen molar-refractivity contribution in [2.75, 3.05) is 20.8 Å². The van der Waals surface area contributed by atoms with Gasteiger partial charge in [-0.3, -0.25) is 9.78 Å². The summed E-state index contributed by atoms with van der Waals surface area (Å²) < 4.78 is 11.0. The van der Waals surface area contributed by atoms with Crippen LogP contribution in [-0.4, -0.2) is 48.6 Å². The van der Waals surface area contributed by atoms with Gasteiger partial charge in [-0.25, -0.2) is 4.79 Å². The first-order chi connectivity index (χ1) is 17.0. The van der Waals surface area contributed by atoms with Crippen LogP contribution in [0.2, 0.25) is 0 Å². The lowest BCUT2D eigenvalue weighted by Crippen LogP contribution is -2.52. The third-order valence-corrected chi connectivity index (χ3v) is 6.15. The highest BCUT2D eigenvalue weighted by Crippen LogP contribution is 2.41. The summed E-state index contributed by atoms with van der Waals surface area (Å²) in [6.45, 7) is 2.47. The third-order valence-electron chi connectivity index (χ3n) is 6.15. The normalized spacial score (nSPS) is 15.5. The van der Waals surface area contributed by atoms with E-state index in [4.69, 9.17) is 9.47 Å². The van der Waals surface area contributed by atoms with E-state index < -0.39 is 6.04 Å². The lowest BCUT2D eigenvalue weighted by Gasteiger charge is -2.38. The number of urea groups is 1. The molecule has 1 aliphatic heterocycles. The topological polar surface area (TPSA) is 92.8 Å². The Morgan fingerprint density at radius 3 is 2.46 bits per heavy atom. The molecule has 3 aromatic rings. The van der Waals surface area contributed by atoms with Crippen LogP contribution in [0.25, 0.3) is 0 Å². The number of nitrogens with zero attached hydrogens (tertiary/aromatic N) is 2. The second-order valence-electron chi connectivity index (χ2n) is 8.37. The van der Waals surface area contributed by atoms with Crippen LogP contribution >= 0.6 is 0 Å². The van der Waals surface area contributed by atoms with Gasteiger partial charge < -0.3 is 25.0 Å². The second-order valence-corrected chi connectivity index (χ2v) is 8.37. The smallest absolute Gasteiger partial charge is 0.318 e. The van der Waals surface area contributed by atoms with Gasteiger partial charge in [0.25, 0.3) is 0 Å². The summed E-state index contributed by atoms with van der Waals surface area (Å²) in [6, 6.07) is 17.9. The summed E-state index contributed by atoms with van der Waals surface area (Å²) >= 11 is 0. The van der Waals surface area contributed by atoms with Gasteiger partial charge in [0, 0.05) is 12.7 Å². The molecule has 3 amide bonds. The van der Waals surface area contributed by atoms with E-state index in [-0.39, 0.29) is 18.0 Å². The van der Waals surface area contributed by atoms with Crippen molar-refractivity contribution in [3.63, 3.8) is 0 Å². The number of carbonyl (C=O) groups excluding carboxylic acids is 2. The fraction of sp³-hybridized carbons (Fsp3) is 0.296. The van der Waals surface area contributed by atoms with Crippen molar-refractivity contribution in [2.24, 2.45) is 0 Å². The molecule has 4 rings (SSSR count). The van der Waals surface area contributed by atoms with Crippen LogP contribution in [0.3, 0.4) is 0 Å². The number of benzene rings is 2. The molecule has 0 aliphatic carbocycles. The molecular weight excluding hydrogens is 444 g/mol. The molecule has 0 fully saturated rings. The van der Waals surface area contributed by atoms with E-state index in [1.165, 1.54) is 0 Å². The Hall–Kier alpha value is -4.07. The van der Waals surface area contributed by atoms with Gasteiger partial charge in [0.05, 0.1) is 32.5 Å². The van der Waals surface area contributed by atoms with E-state index in [0.717, 1.165) is 22.4 Å². The van der Waals surface area contributed by atoms with Gasteiger partial charge in [-0.05, 0) is 54.3 Å². The molecule has 8 heteroatoms. The Morgan fingerprint density at radius 2 is 1.77 bits per heavy atom. The zero-order valence-corrected chi connectivity index (χ0v) is 20.2. The number of hydrogen-bond acceptors (Lipinski definition) is 5. The van der Waals surface area contributed by atoms with Crippen LogP contribution in [0.4, 0.5) is 4.79 Å². The second kappa shape index (κ2) is 10.9. The lowest BCUT2D eigenvalue weighted by molar-refractivity contribution is -0.122. The molecule has 8 nitrogen and oxygen atoms in total. The number of fused-ring (bicyclic) bond motifs is 1. The molecule has 0 radical (unpaired) electrons. The van der Waals surface area contributed by atoms with Crippen molar-refractivity contribution in [1.82, 2.24) is 20.5 Å². The summed E-state index contributed by atoms with van der Waals surface area (Å²) in [5.74, 6) is 0.995. The summed E-state index contributed by atoms with van der Waals surface area (Å²) in [4.78, 5) is 32.0. The molecule has 1 aliphatic rings. The van der Waals surface area contributed by atoms with Gasteiger partial charge in [-0.2, -0.15) is 0 Å². The number of hydrogen-bond donors (Lipinski definition) is 2. The molecule has 1 aromatic heterocycles. The molecule has 0 spiro atoms. The minimum Gasteiger partial charge on any atom is -0.493 e. The predicted octanol–water partition coefficient (Wildman–Crippen LogP) is 3.46. The molecule has 0 bridgehead atoms. The van der Waals surface area contributed by atoms with Crippen LogP contribution in [0.15, 0.2) is 66.9 Å². The quantitative estimate of drug-likeness (QED) is 0.547. The average molecular weight is 475 g/mol. The van der Waals surface area contributed by atoms with Crippen LogP contribution in [0, 0.1) is 0 Å². The predicted molar refractivity (Wildman–Crippen MR) is 132 cm³/mol. The van der Waals surface area contributed by atoms with Gasteiger partial charge >= 0.3 is 6.03 Å². The summed E-state index contributed by atoms with van der Waals surface area (Å²) in [6.07, 6.45) is 2.34. The van der Waals surface area contributed by atoms with Crippen molar-refractivity contribution in [3.8, 4) is 11.5 Å². The maximum atomic E-state index is 13.4. The largest absolute Gasteiger partial charge is 0.493 e. The minimum atomic E-state index is -0.713. The van der Waals surface area contributed by atoms with Gasteiger partial charge in [0.15, 0.2) is 11.5 Å². The van der Waals surface area contributed by atoms with E-state index >= 15 is 0 Å². The first-order valence-electron chi connectivity index (χ1n) is 11.6. The Balaban J connectivity index is 1.55. The molecule has 2 aromatic carbocycles. The van der Waals surface area contributed by atoms with E-state index in [1.807, 2.05) is 60.7 Å². The number of amides is 3. The van der Waals surface area contributed by atoms with Crippen LogP contribution in [0.1, 0.15) is 35.3 Å². The maximum Gasteiger partial charge on any atom is 0.318 e. The molecule has 35 heavy (non-hydrogen) atoms. The van der Waals surface area contributed by atoms with Crippen molar-refractivity contribution in [1.29, 1.82) is 0 Å². The van der Waals surface area contributed by atoms with Crippen molar-refractivity contribution < 1.29 is 19.1 Å². The molecule has 2 N–H and O–H groups in total. The fourth-order valence-corrected chi connectivity index (χ4v) is 4.33. The summed E-state index contributed by atoms with van der Waals surface area (Å²) in [7, 11) is 3.21. The number of rotatable bonds is 7. The number of carbonyl (C=O) groups is 2. The van der Waals surface area contributed by atoms with E-state index in [1.54, 1.807) is 32.2 Å². The average Bonchev–Trinajstić information content (AvgIpc) is 2.91. The zero-order valence-electron chi connectivity index (χ0n) is 20.2. The van der Waals surface area contributed by atoms with Crippen molar-refractivity contribution >= 4 is 11.9 Å². The van der Waals surface area contributed by atoms with Gasteiger partial charge in [-0.15, -0.1) is 0 Å². The highest BCUT2D eigenvalue weighted by atomic mass is 16.5. The third kappa shape index (κ3) is 5.37. The van der Waals surface area contributed by atoms with Gasteiger partial charge in [0.2, 0.25) is 5.91 Å². The molecule has 2 heterocycles. The molecule has 182 valence electrons. The first-order valence-corrected chi connectivity index (χ1v) is 11.6. The maximum absolute atomic E-state index is 13.4. The Morgan fingerprint density at radius 1 is 1.06 bits per heavy atom. The molecule has 2 atom stereocenters. The Labute approximate surface area is 205 Å². The zero-order chi connectivity index (χ0) is 24.8. The monoisotopic (exact) mass is 474 g/mol. The summed E-state index contributed by atoms with van der Waals surface area (Å²) in [5, 5.41) is 5.69. The standard InChI is InChI=1S/C27H30N4O4/c1-18(26(32)29-17-21-11-7-8-13-28-21)30-27(33)31-14-12-20-15-23(34-2)24(35-3)16-22(20)25(31)19-9-5-4-6-10-19/h4-11,13,15-16,18,25H,12,14,17H2,1-3H3,(H,29,32)(H,30,33)/t18-,25?/m1/s1. The van der Waals surface area contributed by atoms with Crippen molar-refractivity contribution in [2.45, 2.75) is 32.0 Å². The van der Waals surface area contributed by atoms with Crippen LogP contribution in [-0.2, 0) is 17.8 Å². The van der Waals surface area contributed by atoms with E-state index in [2.05, 4.69) is 15.6 Å². The molecule has 0 saturated carbocycles. The Kier molecular flexibility index (Phi) is 7.50. The summed E-state index contributed by atoms with van der Waals surface area (Å²) in [5.41, 5.74) is 3.80. The highest BCUT2D eigenvalue weighted by molar-refractivity contribution is 5.87. The van der Waals surface area contributed by atoms with E-state index in [9.17, 15) is 9.59 Å². The van der Waals surface area contributed by atoms with Gasteiger partial charge in [0.1, 0.15) is 6.04 Å². The Bertz CT molecular complexity index is 1170. The fourth-order valence-electron chi connectivity index (χ4n) is 4.33. The number of aromatic nitrogens is 1. The lowest BCUT2D eigenvalue weighted by atomic mass is 9.88. The number of ether oxygens (including phenoxy) is 2. The van der Waals surface area contributed by atoms with Gasteiger partial charge in [-0.1, -0.05) is 36.4 Å². The van der Waals surface area contributed by atoms with Crippen LogP contribution < -0.4 is 20.1 Å². The van der Waals surface area contributed by atoms with Crippen LogP contribution in [0.5, 0.6) is 11.5 Å². The van der Waals surface area contributed by atoms with E-state index in [0.29, 0.717) is 31.0 Å². The number of nitrogens with one attached hydrogen (secondary N) is 2. The number of methoxy groups -OCH3 is 2. The number of pyridine rings is 1. The van der Waals surface area contributed by atoms with Crippen molar-refractivity contribution in [3.05, 3.63) is 89.2 Å². The molecule has 0 saturated heterocycles. The highest BCUT2D eigenvalue weighted by Gasteiger charge is 2.34. The minimum absolute atomic E-state index is 0.274. The molecular formula is C27H30N4O4. The SMILES string of the molecule is COc1cc2c(cc1OC)C(c1ccccc1)N(C(=O)N[C@H](C)C(=O)NCc1ccccn1)CC2. The molecule has 1 unspecified atom stereocenters.